The fourth-order valence-electron chi connectivity index (χ4n) is 3.39. The summed E-state index contributed by atoms with van der Waals surface area (Å²) in [5.74, 6) is -0.0795. The molecule has 1 saturated carbocycles. The molecule has 26 heavy (non-hydrogen) atoms. The van der Waals surface area contributed by atoms with E-state index in [1.165, 1.54) is 5.56 Å². The number of carbonyl (C=O) groups excluding carboxylic acids is 2. The van der Waals surface area contributed by atoms with Crippen molar-refractivity contribution in [1.29, 1.82) is 0 Å². The molecule has 1 aromatic carbocycles. The van der Waals surface area contributed by atoms with Crippen molar-refractivity contribution in [1.82, 2.24) is 14.9 Å². The molecule has 0 atom stereocenters. The lowest BCUT2D eigenvalue weighted by Gasteiger charge is -2.17. The van der Waals surface area contributed by atoms with Crippen molar-refractivity contribution in [2.75, 3.05) is 5.32 Å². The molecule has 1 aliphatic heterocycles. The Morgan fingerprint density at radius 2 is 1.92 bits per heavy atom. The van der Waals surface area contributed by atoms with Gasteiger partial charge in [0.05, 0.1) is 5.69 Å². The summed E-state index contributed by atoms with van der Waals surface area (Å²) in [4.78, 5) is 29.8. The first kappa shape index (κ1) is 16.8. The average Bonchev–Trinajstić information content (AvgIpc) is 3.34. The normalized spacial score (nSPS) is 16.1. The number of aromatic nitrogens is 2. The van der Waals surface area contributed by atoms with Crippen LogP contribution >= 0.6 is 0 Å². The lowest BCUT2D eigenvalue weighted by Crippen LogP contribution is -2.27. The van der Waals surface area contributed by atoms with Crippen molar-refractivity contribution in [2.45, 2.75) is 58.5 Å². The highest BCUT2D eigenvalue weighted by Crippen LogP contribution is 2.24. The van der Waals surface area contributed by atoms with Crippen LogP contribution in [0.2, 0.25) is 0 Å². The van der Waals surface area contributed by atoms with Crippen molar-refractivity contribution >= 4 is 17.5 Å². The summed E-state index contributed by atoms with van der Waals surface area (Å²) in [6, 6.07) is 6.10. The molecule has 2 heterocycles. The molecule has 4 rings (SSSR count). The molecule has 0 unspecified atom stereocenters. The number of nitrogens with zero attached hydrogens (tertiary/aromatic N) is 2. The summed E-state index contributed by atoms with van der Waals surface area (Å²) in [7, 11) is 0. The molecule has 6 nitrogen and oxygen atoms in total. The molecule has 0 spiro atoms. The number of anilines is 1. The van der Waals surface area contributed by atoms with Crippen molar-refractivity contribution in [2.24, 2.45) is 0 Å². The topological polar surface area (TPSA) is 76.0 Å². The molecule has 2 aliphatic rings. The van der Waals surface area contributed by atoms with E-state index in [0.717, 1.165) is 55.6 Å². The summed E-state index contributed by atoms with van der Waals surface area (Å²) < 4.78 is 1.92. The SMILES string of the molecule is Cc1ccc(NC(=O)c2nc(C(=O)NC3CC3)c3n2CCCC3)cc1C. The zero-order valence-corrected chi connectivity index (χ0v) is 15.3. The Bertz CT molecular complexity index is 880. The Hall–Kier alpha value is -2.63. The molecule has 1 aromatic heterocycles. The van der Waals surface area contributed by atoms with Crippen LogP contribution < -0.4 is 10.6 Å². The molecule has 6 heteroatoms. The fraction of sp³-hybridized carbons (Fsp3) is 0.450. The van der Waals surface area contributed by atoms with Gasteiger partial charge in [0.2, 0.25) is 0 Å². The minimum Gasteiger partial charge on any atom is -0.348 e. The van der Waals surface area contributed by atoms with Gasteiger partial charge < -0.3 is 15.2 Å². The van der Waals surface area contributed by atoms with Gasteiger partial charge in [0, 0.05) is 18.3 Å². The first-order chi connectivity index (χ1) is 12.5. The fourth-order valence-corrected chi connectivity index (χ4v) is 3.39. The second-order valence-electron chi connectivity index (χ2n) is 7.34. The van der Waals surface area contributed by atoms with Crippen LogP contribution in [0.5, 0.6) is 0 Å². The molecular formula is C20H24N4O2. The van der Waals surface area contributed by atoms with Gasteiger partial charge in [-0.3, -0.25) is 9.59 Å². The number of hydrogen-bond donors (Lipinski definition) is 2. The quantitative estimate of drug-likeness (QED) is 0.888. The van der Waals surface area contributed by atoms with Crippen molar-refractivity contribution in [3.63, 3.8) is 0 Å². The predicted molar refractivity (Wildman–Crippen MR) is 99.5 cm³/mol. The van der Waals surface area contributed by atoms with Crippen molar-refractivity contribution < 1.29 is 9.59 Å². The maximum Gasteiger partial charge on any atom is 0.291 e. The number of rotatable bonds is 4. The molecular weight excluding hydrogens is 328 g/mol. The minimum atomic E-state index is -0.262. The van der Waals surface area contributed by atoms with E-state index < -0.39 is 0 Å². The third-order valence-electron chi connectivity index (χ3n) is 5.21. The third kappa shape index (κ3) is 3.23. The van der Waals surface area contributed by atoms with Gasteiger partial charge in [0.1, 0.15) is 5.69 Å². The van der Waals surface area contributed by atoms with Gasteiger partial charge in [-0.2, -0.15) is 0 Å². The van der Waals surface area contributed by atoms with E-state index in [2.05, 4.69) is 15.6 Å². The van der Waals surface area contributed by atoms with Crippen molar-refractivity contribution in [3.8, 4) is 0 Å². The number of imidazole rings is 1. The first-order valence-corrected chi connectivity index (χ1v) is 9.32. The van der Waals surface area contributed by atoms with Gasteiger partial charge in [0.15, 0.2) is 5.82 Å². The maximum absolute atomic E-state index is 12.8. The maximum atomic E-state index is 12.8. The summed E-state index contributed by atoms with van der Waals surface area (Å²) in [6.45, 7) is 4.79. The zero-order valence-electron chi connectivity index (χ0n) is 15.3. The minimum absolute atomic E-state index is 0.150. The lowest BCUT2D eigenvalue weighted by molar-refractivity contribution is 0.0945. The number of carbonyl (C=O) groups is 2. The molecule has 0 bridgehead atoms. The lowest BCUT2D eigenvalue weighted by atomic mass is 10.1. The van der Waals surface area contributed by atoms with E-state index in [1.54, 1.807) is 0 Å². The highest BCUT2D eigenvalue weighted by Gasteiger charge is 2.30. The van der Waals surface area contributed by atoms with Crippen LogP contribution in [-0.2, 0) is 13.0 Å². The summed E-state index contributed by atoms with van der Waals surface area (Å²) in [5.41, 5.74) is 4.36. The number of hydrogen-bond acceptors (Lipinski definition) is 3. The van der Waals surface area contributed by atoms with Gasteiger partial charge in [-0.1, -0.05) is 6.07 Å². The van der Waals surface area contributed by atoms with Crippen LogP contribution in [0.4, 0.5) is 5.69 Å². The van der Waals surface area contributed by atoms with E-state index in [0.29, 0.717) is 11.5 Å². The smallest absolute Gasteiger partial charge is 0.291 e. The van der Waals surface area contributed by atoms with Crippen LogP contribution in [-0.4, -0.2) is 27.4 Å². The average molecular weight is 352 g/mol. The number of amides is 2. The monoisotopic (exact) mass is 352 g/mol. The molecule has 0 radical (unpaired) electrons. The standard InChI is InChI=1S/C20H24N4O2/c1-12-6-7-15(11-13(12)2)22-20(26)18-23-17(19(25)21-14-8-9-14)16-5-3-4-10-24(16)18/h6-7,11,14H,3-5,8-10H2,1-2H3,(H,21,25)(H,22,26). The van der Waals surface area contributed by atoms with Crippen LogP contribution in [0, 0.1) is 13.8 Å². The van der Waals surface area contributed by atoms with Gasteiger partial charge in [-0.25, -0.2) is 4.98 Å². The number of benzene rings is 1. The van der Waals surface area contributed by atoms with E-state index in [-0.39, 0.29) is 17.9 Å². The van der Waals surface area contributed by atoms with Gasteiger partial charge in [-0.15, -0.1) is 0 Å². The summed E-state index contributed by atoms with van der Waals surface area (Å²) in [5, 5.41) is 5.92. The predicted octanol–water partition coefficient (Wildman–Crippen LogP) is 2.98. The van der Waals surface area contributed by atoms with E-state index in [9.17, 15) is 9.59 Å². The van der Waals surface area contributed by atoms with Gasteiger partial charge in [0.25, 0.3) is 11.8 Å². The van der Waals surface area contributed by atoms with Crippen LogP contribution in [0.25, 0.3) is 0 Å². The van der Waals surface area contributed by atoms with Crippen LogP contribution in [0.15, 0.2) is 18.2 Å². The van der Waals surface area contributed by atoms with E-state index >= 15 is 0 Å². The molecule has 136 valence electrons. The largest absolute Gasteiger partial charge is 0.348 e. The summed E-state index contributed by atoms with van der Waals surface area (Å²) >= 11 is 0. The van der Waals surface area contributed by atoms with Crippen molar-refractivity contribution in [3.05, 3.63) is 46.5 Å². The molecule has 2 N–H and O–H groups in total. The Balaban J connectivity index is 1.62. The number of nitrogens with one attached hydrogen (secondary N) is 2. The Labute approximate surface area is 153 Å². The molecule has 2 amide bonds. The van der Waals surface area contributed by atoms with E-state index in [4.69, 9.17) is 0 Å². The highest BCUT2D eigenvalue weighted by atomic mass is 16.2. The molecule has 2 aromatic rings. The second kappa shape index (κ2) is 6.59. The Kier molecular flexibility index (Phi) is 4.26. The zero-order chi connectivity index (χ0) is 18.3. The first-order valence-electron chi connectivity index (χ1n) is 9.32. The third-order valence-corrected chi connectivity index (χ3v) is 5.21. The van der Waals surface area contributed by atoms with Gasteiger partial charge in [-0.05, 0) is 69.2 Å². The molecule has 1 aliphatic carbocycles. The van der Waals surface area contributed by atoms with Gasteiger partial charge >= 0.3 is 0 Å². The highest BCUT2D eigenvalue weighted by molar-refractivity contribution is 6.03. The molecule has 0 saturated heterocycles. The summed E-state index contributed by atoms with van der Waals surface area (Å²) in [6.07, 6.45) is 4.87. The Morgan fingerprint density at radius 3 is 2.65 bits per heavy atom. The molecule has 1 fully saturated rings. The van der Waals surface area contributed by atoms with Crippen LogP contribution in [0.1, 0.15) is 63.6 Å². The van der Waals surface area contributed by atoms with E-state index in [1.807, 2.05) is 36.6 Å². The number of fused-ring (bicyclic) bond motifs is 1. The second-order valence-corrected chi connectivity index (χ2v) is 7.34. The number of aryl methyl sites for hydroxylation is 2. The van der Waals surface area contributed by atoms with Crippen LogP contribution in [0.3, 0.4) is 0 Å². The Morgan fingerprint density at radius 1 is 1.12 bits per heavy atom.